The van der Waals surface area contributed by atoms with Crippen LogP contribution in [0.1, 0.15) is 16.1 Å². The number of nitrogens with one attached hydrogen (secondary N) is 1. The first kappa shape index (κ1) is 15.5. The van der Waals surface area contributed by atoms with Crippen molar-refractivity contribution in [3.05, 3.63) is 45.7 Å². The molecule has 3 rings (SSSR count). The van der Waals surface area contributed by atoms with Crippen LogP contribution < -0.4 is 5.32 Å². The maximum atomic E-state index is 12.1. The van der Waals surface area contributed by atoms with Crippen molar-refractivity contribution in [3.63, 3.8) is 0 Å². The van der Waals surface area contributed by atoms with Crippen LogP contribution in [0.2, 0.25) is 10.0 Å². The molecular formula is C14H11Cl2N5O2. The van der Waals surface area contributed by atoms with Gasteiger partial charge in [-0.2, -0.15) is 5.10 Å². The largest absolute Gasteiger partial charge is 0.403 e. The number of benzene rings is 1. The second-order valence-corrected chi connectivity index (χ2v) is 5.67. The van der Waals surface area contributed by atoms with Gasteiger partial charge in [0.15, 0.2) is 5.69 Å². The molecule has 0 radical (unpaired) electrons. The molecule has 1 amide bonds. The number of nitrogens with zero attached hydrogens (tertiary/aromatic N) is 4. The van der Waals surface area contributed by atoms with Crippen molar-refractivity contribution in [1.82, 2.24) is 20.0 Å². The van der Waals surface area contributed by atoms with Gasteiger partial charge in [-0.3, -0.25) is 14.8 Å². The Labute approximate surface area is 141 Å². The molecule has 0 saturated carbocycles. The van der Waals surface area contributed by atoms with Gasteiger partial charge >= 0.3 is 6.01 Å². The van der Waals surface area contributed by atoms with Crippen molar-refractivity contribution in [2.24, 2.45) is 7.05 Å². The Kier molecular flexibility index (Phi) is 4.06. The van der Waals surface area contributed by atoms with Crippen LogP contribution >= 0.6 is 23.2 Å². The second kappa shape index (κ2) is 6.02. The zero-order valence-corrected chi connectivity index (χ0v) is 13.7. The van der Waals surface area contributed by atoms with Gasteiger partial charge in [0.2, 0.25) is 0 Å². The predicted octanol–water partition coefficient (Wildman–Crippen LogP) is 3.34. The molecule has 2 aromatic heterocycles. The van der Waals surface area contributed by atoms with E-state index in [1.54, 1.807) is 43.0 Å². The highest BCUT2D eigenvalue weighted by Gasteiger charge is 2.18. The average Bonchev–Trinajstić information content (AvgIpc) is 3.05. The van der Waals surface area contributed by atoms with Crippen molar-refractivity contribution in [2.45, 2.75) is 6.92 Å². The molecular weight excluding hydrogens is 341 g/mol. The van der Waals surface area contributed by atoms with E-state index in [0.717, 1.165) is 5.56 Å². The topological polar surface area (TPSA) is 85.8 Å². The Morgan fingerprint density at radius 1 is 1.30 bits per heavy atom. The number of carbonyl (C=O) groups excluding carboxylic acids is 1. The summed E-state index contributed by atoms with van der Waals surface area (Å²) in [6.45, 7) is 1.79. The van der Waals surface area contributed by atoms with Gasteiger partial charge in [0.1, 0.15) is 0 Å². The Bertz CT molecular complexity index is 887. The molecule has 7 nitrogen and oxygen atoms in total. The predicted molar refractivity (Wildman–Crippen MR) is 85.7 cm³/mol. The molecule has 3 aromatic rings. The number of hydrogen-bond donors (Lipinski definition) is 1. The third kappa shape index (κ3) is 3.20. The van der Waals surface area contributed by atoms with Crippen LogP contribution in [0.25, 0.3) is 11.5 Å². The van der Waals surface area contributed by atoms with Crippen LogP contribution in [0.5, 0.6) is 0 Å². The third-order valence-electron chi connectivity index (χ3n) is 3.03. The minimum Gasteiger partial charge on any atom is -0.403 e. The number of halogens is 2. The lowest BCUT2D eigenvalue weighted by atomic mass is 10.2. The summed E-state index contributed by atoms with van der Waals surface area (Å²) < 4.78 is 6.97. The lowest BCUT2D eigenvalue weighted by Gasteiger charge is -1.99. The monoisotopic (exact) mass is 351 g/mol. The summed E-state index contributed by atoms with van der Waals surface area (Å²) in [7, 11) is 1.73. The Hall–Kier alpha value is -2.38. The van der Waals surface area contributed by atoms with Crippen LogP contribution in [0.3, 0.4) is 0 Å². The third-order valence-corrected chi connectivity index (χ3v) is 3.58. The molecule has 23 heavy (non-hydrogen) atoms. The molecule has 0 fully saturated rings. The lowest BCUT2D eigenvalue weighted by Crippen LogP contribution is -2.14. The van der Waals surface area contributed by atoms with Crippen molar-refractivity contribution < 1.29 is 9.21 Å². The van der Waals surface area contributed by atoms with E-state index in [0.29, 0.717) is 15.6 Å². The molecule has 9 heteroatoms. The van der Waals surface area contributed by atoms with Gasteiger partial charge in [-0.1, -0.05) is 28.3 Å². The molecule has 0 aliphatic heterocycles. The summed E-state index contributed by atoms with van der Waals surface area (Å²) in [6, 6.07) is 4.84. The van der Waals surface area contributed by atoms with E-state index in [4.69, 9.17) is 27.6 Å². The lowest BCUT2D eigenvalue weighted by molar-refractivity contribution is 0.101. The van der Waals surface area contributed by atoms with E-state index >= 15 is 0 Å². The first-order valence-electron chi connectivity index (χ1n) is 6.54. The van der Waals surface area contributed by atoms with Gasteiger partial charge in [0.25, 0.3) is 11.8 Å². The first-order chi connectivity index (χ1) is 10.9. The molecule has 118 valence electrons. The first-order valence-corrected chi connectivity index (χ1v) is 7.30. The van der Waals surface area contributed by atoms with E-state index in [-0.39, 0.29) is 17.6 Å². The van der Waals surface area contributed by atoms with Crippen molar-refractivity contribution in [1.29, 1.82) is 0 Å². The molecule has 0 saturated heterocycles. The number of aromatic nitrogens is 4. The van der Waals surface area contributed by atoms with Gasteiger partial charge in [-0.05, 0) is 25.1 Å². The van der Waals surface area contributed by atoms with E-state index in [1.807, 2.05) is 0 Å². The summed E-state index contributed by atoms with van der Waals surface area (Å²) in [4.78, 5) is 12.1. The number of amides is 1. The molecule has 0 spiro atoms. The molecule has 0 aliphatic carbocycles. The zero-order valence-electron chi connectivity index (χ0n) is 12.2. The summed E-state index contributed by atoms with van der Waals surface area (Å²) in [5, 5.41) is 15.1. The average molecular weight is 352 g/mol. The number of hydrogen-bond acceptors (Lipinski definition) is 5. The second-order valence-electron chi connectivity index (χ2n) is 4.83. The fourth-order valence-electron chi connectivity index (χ4n) is 2.03. The van der Waals surface area contributed by atoms with Crippen molar-refractivity contribution in [3.8, 4) is 11.5 Å². The fourth-order valence-corrected chi connectivity index (χ4v) is 2.52. The fraction of sp³-hybridized carbons (Fsp3) is 0.143. The Morgan fingerprint density at radius 2 is 2.09 bits per heavy atom. The molecule has 0 aliphatic rings. The minimum absolute atomic E-state index is 0.0407. The van der Waals surface area contributed by atoms with Gasteiger partial charge < -0.3 is 4.42 Å². The quantitative estimate of drug-likeness (QED) is 0.781. The van der Waals surface area contributed by atoms with Crippen LogP contribution in [0.4, 0.5) is 6.01 Å². The Morgan fingerprint density at radius 3 is 2.74 bits per heavy atom. The van der Waals surface area contributed by atoms with Crippen LogP contribution in [0, 0.1) is 6.92 Å². The Balaban J connectivity index is 1.82. The summed E-state index contributed by atoms with van der Waals surface area (Å²) in [6.07, 6.45) is 1.74. The zero-order chi connectivity index (χ0) is 16.6. The van der Waals surface area contributed by atoms with Crippen LogP contribution in [-0.2, 0) is 7.05 Å². The van der Waals surface area contributed by atoms with E-state index in [9.17, 15) is 4.79 Å². The molecule has 2 heterocycles. The molecule has 1 N–H and O–H groups in total. The summed E-state index contributed by atoms with van der Waals surface area (Å²) in [5.74, 6) is -0.250. The molecule has 1 aromatic carbocycles. The standard InChI is InChI=1S/C14H11Cl2N5O2/c1-7-6-21(2)20-11(7)12(22)17-14-19-18-13(23-14)9-4-3-8(15)5-10(9)16/h3-6H,1-2H3,(H,17,19,22). The minimum atomic E-state index is -0.430. The number of rotatable bonds is 3. The summed E-state index contributed by atoms with van der Waals surface area (Å²) >= 11 is 11.9. The van der Waals surface area contributed by atoms with Gasteiger partial charge in [0.05, 0.1) is 10.6 Å². The SMILES string of the molecule is Cc1cn(C)nc1C(=O)Nc1nnc(-c2ccc(Cl)cc2Cl)o1. The van der Waals surface area contributed by atoms with Crippen LogP contribution in [-0.4, -0.2) is 25.9 Å². The molecule has 0 unspecified atom stereocenters. The van der Waals surface area contributed by atoms with Gasteiger partial charge in [0, 0.05) is 23.8 Å². The van der Waals surface area contributed by atoms with Gasteiger partial charge in [-0.15, -0.1) is 5.10 Å². The normalized spacial score (nSPS) is 10.8. The number of aryl methyl sites for hydroxylation is 2. The van der Waals surface area contributed by atoms with Crippen LogP contribution in [0.15, 0.2) is 28.8 Å². The molecule has 0 bridgehead atoms. The van der Waals surface area contributed by atoms with Gasteiger partial charge in [-0.25, -0.2) is 0 Å². The smallest absolute Gasteiger partial charge is 0.322 e. The molecule has 0 atom stereocenters. The highest BCUT2D eigenvalue weighted by Crippen LogP contribution is 2.30. The number of carbonyl (C=O) groups is 1. The summed E-state index contributed by atoms with van der Waals surface area (Å²) in [5.41, 5.74) is 1.56. The van der Waals surface area contributed by atoms with E-state index in [2.05, 4.69) is 20.6 Å². The van der Waals surface area contributed by atoms with E-state index in [1.165, 1.54) is 0 Å². The maximum absolute atomic E-state index is 12.1. The number of anilines is 1. The van der Waals surface area contributed by atoms with Crippen molar-refractivity contribution >= 4 is 35.1 Å². The van der Waals surface area contributed by atoms with Crippen molar-refractivity contribution in [2.75, 3.05) is 5.32 Å². The van der Waals surface area contributed by atoms with E-state index < -0.39 is 5.91 Å². The highest BCUT2D eigenvalue weighted by molar-refractivity contribution is 6.36. The highest BCUT2D eigenvalue weighted by atomic mass is 35.5. The maximum Gasteiger partial charge on any atom is 0.322 e.